The van der Waals surface area contributed by atoms with Gasteiger partial charge in [-0.3, -0.25) is 0 Å². The van der Waals surface area contributed by atoms with Gasteiger partial charge < -0.3 is 9.84 Å². The molecule has 0 unspecified atom stereocenters. The van der Waals surface area contributed by atoms with Gasteiger partial charge in [0.05, 0.1) is 0 Å². The minimum atomic E-state index is -1.17. The Morgan fingerprint density at radius 1 is 0.957 bits per heavy atom. The normalized spacial score (nSPS) is 10.8. The molecule has 1 aromatic carbocycles. The van der Waals surface area contributed by atoms with Crippen LogP contribution in [0.4, 0.5) is 0 Å². The maximum absolute atomic E-state index is 11.3. The number of hydrogen-bond donors (Lipinski definition) is 1. The fraction of sp³-hybridized carbons (Fsp3) is 0.474. The van der Waals surface area contributed by atoms with E-state index >= 15 is 0 Å². The fourth-order valence-electron chi connectivity index (χ4n) is 2.30. The summed E-state index contributed by atoms with van der Waals surface area (Å²) in [6, 6.07) is 7.37. The van der Waals surface area contributed by atoms with Crippen molar-refractivity contribution in [2.75, 3.05) is 0 Å². The number of carbonyl (C=O) groups is 2. The Balaban J connectivity index is 2.25. The van der Waals surface area contributed by atoms with Gasteiger partial charge in [0.15, 0.2) is 0 Å². The zero-order chi connectivity index (χ0) is 16.9. The molecular weight excluding hydrogens is 292 g/mol. The third-order valence-corrected chi connectivity index (χ3v) is 3.57. The van der Waals surface area contributed by atoms with Crippen LogP contribution in [-0.2, 0) is 16.0 Å². The van der Waals surface area contributed by atoms with E-state index in [-0.39, 0.29) is 0 Å². The molecule has 0 saturated heterocycles. The number of ether oxygens (including phenoxy) is 1. The number of hydrogen-bond acceptors (Lipinski definition) is 3. The van der Waals surface area contributed by atoms with Crippen LogP contribution in [0.2, 0.25) is 0 Å². The first-order chi connectivity index (χ1) is 11.1. The first-order valence-electron chi connectivity index (χ1n) is 8.33. The summed E-state index contributed by atoms with van der Waals surface area (Å²) in [7, 11) is 0. The number of unbranched alkanes of at least 4 members (excludes halogenated alkanes) is 6. The molecule has 0 aliphatic carbocycles. The number of rotatable bonds is 11. The first-order valence-corrected chi connectivity index (χ1v) is 8.33. The summed E-state index contributed by atoms with van der Waals surface area (Å²) in [5.41, 5.74) is 1.22. The topological polar surface area (TPSA) is 63.6 Å². The molecule has 0 saturated carbocycles. The van der Waals surface area contributed by atoms with Crippen LogP contribution in [0.1, 0.15) is 57.4 Å². The van der Waals surface area contributed by atoms with E-state index in [0.717, 1.165) is 18.6 Å². The molecule has 0 aliphatic rings. The summed E-state index contributed by atoms with van der Waals surface area (Å²) >= 11 is 0. The lowest BCUT2D eigenvalue weighted by Gasteiger charge is -2.04. The van der Waals surface area contributed by atoms with Gasteiger partial charge in [-0.2, -0.15) is 0 Å². The minimum Gasteiger partial charge on any atom is -0.478 e. The second-order valence-electron chi connectivity index (χ2n) is 5.61. The molecule has 0 radical (unpaired) electrons. The van der Waals surface area contributed by atoms with Gasteiger partial charge in [-0.05, 0) is 30.5 Å². The molecule has 23 heavy (non-hydrogen) atoms. The summed E-state index contributed by atoms with van der Waals surface area (Å²) in [6.07, 6.45) is 11.7. The summed E-state index contributed by atoms with van der Waals surface area (Å²) in [6.45, 7) is 2.23. The van der Waals surface area contributed by atoms with Crippen LogP contribution < -0.4 is 4.74 Å². The number of aryl methyl sites for hydroxylation is 1. The maximum atomic E-state index is 11.3. The van der Waals surface area contributed by atoms with E-state index in [2.05, 4.69) is 6.92 Å². The number of esters is 1. The van der Waals surface area contributed by atoms with E-state index in [4.69, 9.17) is 9.84 Å². The Hall–Kier alpha value is -2.10. The molecular formula is C19H26O4. The van der Waals surface area contributed by atoms with Crippen molar-refractivity contribution in [3.8, 4) is 5.75 Å². The van der Waals surface area contributed by atoms with Crippen LogP contribution in [-0.4, -0.2) is 17.0 Å². The molecule has 4 heteroatoms. The number of benzene rings is 1. The van der Waals surface area contributed by atoms with Crippen molar-refractivity contribution >= 4 is 11.9 Å². The van der Waals surface area contributed by atoms with Crippen LogP contribution in [0.25, 0.3) is 0 Å². The molecule has 126 valence electrons. The number of carboxylic acid groups (broad SMARTS) is 1. The summed E-state index contributed by atoms with van der Waals surface area (Å²) in [5, 5.41) is 8.43. The quantitative estimate of drug-likeness (QED) is 0.282. The van der Waals surface area contributed by atoms with Crippen LogP contribution >= 0.6 is 0 Å². The third-order valence-electron chi connectivity index (χ3n) is 3.57. The predicted octanol–water partition coefficient (Wildman–Crippen LogP) is 4.53. The molecule has 0 atom stereocenters. The van der Waals surface area contributed by atoms with Crippen molar-refractivity contribution < 1.29 is 19.4 Å². The van der Waals surface area contributed by atoms with Crippen LogP contribution in [0, 0.1) is 0 Å². The van der Waals surface area contributed by atoms with E-state index in [1.165, 1.54) is 50.5 Å². The monoisotopic (exact) mass is 318 g/mol. The first kappa shape index (κ1) is 18.9. The summed E-state index contributed by atoms with van der Waals surface area (Å²) in [5.74, 6) is -1.44. The van der Waals surface area contributed by atoms with Crippen molar-refractivity contribution in [2.45, 2.75) is 58.3 Å². The molecule has 0 bridgehead atoms. The average Bonchev–Trinajstić information content (AvgIpc) is 2.53. The molecule has 0 aliphatic heterocycles. The van der Waals surface area contributed by atoms with E-state index in [1.807, 2.05) is 12.1 Å². The van der Waals surface area contributed by atoms with Gasteiger partial charge in [0.2, 0.25) is 0 Å². The van der Waals surface area contributed by atoms with E-state index in [9.17, 15) is 9.59 Å². The molecule has 0 fully saturated rings. The second-order valence-corrected chi connectivity index (χ2v) is 5.61. The fourth-order valence-corrected chi connectivity index (χ4v) is 2.30. The molecule has 0 aromatic heterocycles. The van der Waals surface area contributed by atoms with Crippen molar-refractivity contribution in [1.82, 2.24) is 0 Å². The van der Waals surface area contributed by atoms with Gasteiger partial charge >= 0.3 is 11.9 Å². The smallest absolute Gasteiger partial charge is 0.336 e. The molecule has 1 aromatic rings. The van der Waals surface area contributed by atoms with Crippen molar-refractivity contribution in [3.63, 3.8) is 0 Å². The van der Waals surface area contributed by atoms with E-state index in [1.54, 1.807) is 12.1 Å². The van der Waals surface area contributed by atoms with Crippen molar-refractivity contribution in [3.05, 3.63) is 42.0 Å². The largest absolute Gasteiger partial charge is 0.478 e. The van der Waals surface area contributed by atoms with Crippen LogP contribution in [0.3, 0.4) is 0 Å². The van der Waals surface area contributed by atoms with Gasteiger partial charge in [-0.1, -0.05) is 57.6 Å². The molecule has 0 heterocycles. The highest BCUT2D eigenvalue weighted by atomic mass is 16.5. The molecule has 0 spiro atoms. The molecule has 1 N–H and O–H groups in total. The standard InChI is InChI=1S/C19H26O4/c1-2-3-4-5-6-7-8-9-16-10-12-17(13-11-16)23-19(22)15-14-18(20)21/h10-15H,2-9H2,1H3,(H,20,21)/b15-14+. The lowest BCUT2D eigenvalue weighted by atomic mass is 10.0. The number of carboxylic acids is 1. The molecule has 4 nitrogen and oxygen atoms in total. The highest BCUT2D eigenvalue weighted by molar-refractivity contribution is 5.91. The highest BCUT2D eigenvalue weighted by Crippen LogP contribution is 2.15. The minimum absolute atomic E-state index is 0.424. The SMILES string of the molecule is CCCCCCCCCc1ccc(OC(=O)/C=C/C(=O)O)cc1. The Kier molecular flexibility index (Phi) is 9.45. The summed E-state index contributed by atoms with van der Waals surface area (Å²) < 4.78 is 5.01. The van der Waals surface area contributed by atoms with Crippen molar-refractivity contribution in [1.29, 1.82) is 0 Å². The Bertz CT molecular complexity index is 503. The predicted molar refractivity (Wildman–Crippen MR) is 90.5 cm³/mol. The second kappa shape index (κ2) is 11.5. The van der Waals surface area contributed by atoms with E-state index in [0.29, 0.717) is 5.75 Å². The zero-order valence-electron chi connectivity index (χ0n) is 13.8. The lowest BCUT2D eigenvalue weighted by Crippen LogP contribution is -2.04. The van der Waals surface area contributed by atoms with Gasteiger partial charge in [0.25, 0.3) is 0 Å². The van der Waals surface area contributed by atoms with Gasteiger partial charge in [0.1, 0.15) is 5.75 Å². The van der Waals surface area contributed by atoms with Gasteiger partial charge in [-0.15, -0.1) is 0 Å². The maximum Gasteiger partial charge on any atom is 0.336 e. The number of aliphatic carboxylic acids is 1. The number of carbonyl (C=O) groups excluding carboxylic acids is 1. The lowest BCUT2D eigenvalue weighted by molar-refractivity contribution is -0.133. The summed E-state index contributed by atoms with van der Waals surface area (Å²) in [4.78, 5) is 21.7. The average molecular weight is 318 g/mol. The molecule has 0 amide bonds. The van der Waals surface area contributed by atoms with Gasteiger partial charge in [0, 0.05) is 12.2 Å². The third kappa shape index (κ3) is 9.51. The van der Waals surface area contributed by atoms with E-state index < -0.39 is 11.9 Å². The van der Waals surface area contributed by atoms with Gasteiger partial charge in [-0.25, -0.2) is 9.59 Å². The van der Waals surface area contributed by atoms with Crippen LogP contribution in [0.15, 0.2) is 36.4 Å². The Morgan fingerprint density at radius 3 is 2.17 bits per heavy atom. The molecule has 1 rings (SSSR count). The van der Waals surface area contributed by atoms with Crippen molar-refractivity contribution in [2.24, 2.45) is 0 Å². The highest BCUT2D eigenvalue weighted by Gasteiger charge is 2.02. The Morgan fingerprint density at radius 2 is 1.57 bits per heavy atom. The Labute approximate surface area is 138 Å². The zero-order valence-corrected chi connectivity index (χ0v) is 13.8. The van der Waals surface area contributed by atoms with Crippen LogP contribution in [0.5, 0.6) is 5.75 Å².